The fourth-order valence-corrected chi connectivity index (χ4v) is 4.34. The molecule has 0 unspecified atom stereocenters. The zero-order valence-corrected chi connectivity index (χ0v) is 17.0. The van der Waals surface area contributed by atoms with Gasteiger partial charge in [0, 0.05) is 5.56 Å². The number of ether oxygens (including phenoxy) is 3. The van der Waals surface area contributed by atoms with Crippen LogP contribution in [0.5, 0.6) is 17.2 Å². The Kier molecular flexibility index (Phi) is 4.96. The predicted molar refractivity (Wildman–Crippen MR) is 106 cm³/mol. The molecular weight excluding hydrogens is 414 g/mol. The van der Waals surface area contributed by atoms with Gasteiger partial charge in [-0.25, -0.2) is 13.4 Å². The molecule has 0 aliphatic carbocycles. The Labute approximate surface area is 171 Å². The van der Waals surface area contributed by atoms with Gasteiger partial charge in [0.05, 0.1) is 27.5 Å². The summed E-state index contributed by atoms with van der Waals surface area (Å²) in [6, 6.07) is 7.92. The average Bonchev–Trinajstić information content (AvgIpc) is 3.42. The van der Waals surface area contributed by atoms with Gasteiger partial charge in [0.15, 0.2) is 16.3 Å². The molecule has 0 saturated heterocycles. The number of anilines is 1. The number of nitrogens with zero attached hydrogens (tertiary/aromatic N) is 2. The predicted octanol–water partition coefficient (Wildman–Crippen LogP) is 3.31. The van der Waals surface area contributed by atoms with Crippen LogP contribution in [0, 0.1) is 0 Å². The summed E-state index contributed by atoms with van der Waals surface area (Å²) < 4.78 is 55.1. The molecule has 10 nitrogen and oxygen atoms in total. The molecule has 2 aromatic heterocycles. The van der Waals surface area contributed by atoms with Crippen LogP contribution in [0.1, 0.15) is 0 Å². The molecule has 2 heterocycles. The number of sulfonamides is 1. The average molecular weight is 431 g/mol. The summed E-state index contributed by atoms with van der Waals surface area (Å²) in [7, 11) is 0.0348. The summed E-state index contributed by atoms with van der Waals surface area (Å²) in [4.78, 5) is 3.92. The van der Waals surface area contributed by atoms with Crippen LogP contribution in [0.15, 0.2) is 56.6 Å². The van der Waals surface area contributed by atoms with Crippen molar-refractivity contribution in [3.05, 3.63) is 42.8 Å². The molecule has 0 saturated carbocycles. The standard InChI is InChI=1S/C19H17N3O7S/c1-25-12-5-4-6-13(26-2)17(12)30(23,24)22-18-16-14(27-3)9-11(10-15(16)29-21-18)19-20-7-8-28-19/h4-10H,1-3H3,(H,21,22). The number of methoxy groups -OCH3 is 3. The maximum absolute atomic E-state index is 13.1. The molecule has 0 aliphatic rings. The van der Waals surface area contributed by atoms with Gasteiger partial charge in [0.2, 0.25) is 5.89 Å². The lowest BCUT2D eigenvalue weighted by Gasteiger charge is -2.14. The Bertz CT molecular complexity index is 1280. The van der Waals surface area contributed by atoms with E-state index in [9.17, 15) is 8.42 Å². The first kappa shape index (κ1) is 19.6. The third kappa shape index (κ3) is 3.28. The van der Waals surface area contributed by atoms with E-state index >= 15 is 0 Å². The second-order valence-electron chi connectivity index (χ2n) is 6.02. The van der Waals surface area contributed by atoms with E-state index in [-0.39, 0.29) is 27.8 Å². The number of rotatable bonds is 7. The minimum atomic E-state index is -4.15. The lowest BCUT2D eigenvalue weighted by atomic mass is 10.1. The second-order valence-corrected chi connectivity index (χ2v) is 7.64. The van der Waals surface area contributed by atoms with Crippen LogP contribution < -0.4 is 18.9 Å². The molecule has 0 radical (unpaired) electrons. The van der Waals surface area contributed by atoms with Crippen LogP contribution in [0.2, 0.25) is 0 Å². The van der Waals surface area contributed by atoms with E-state index in [1.807, 2.05) is 0 Å². The highest BCUT2D eigenvalue weighted by atomic mass is 32.2. The normalized spacial score (nSPS) is 11.4. The van der Waals surface area contributed by atoms with Crippen LogP contribution in [0.3, 0.4) is 0 Å². The smallest absolute Gasteiger partial charge is 0.270 e. The number of hydrogen-bond donors (Lipinski definition) is 1. The highest BCUT2D eigenvalue weighted by Gasteiger charge is 2.28. The molecule has 0 aliphatic heterocycles. The molecule has 1 N–H and O–H groups in total. The summed E-state index contributed by atoms with van der Waals surface area (Å²) >= 11 is 0. The number of fused-ring (bicyclic) bond motifs is 1. The van der Waals surface area contributed by atoms with E-state index in [0.29, 0.717) is 22.6 Å². The summed E-state index contributed by atoms with van der Waals surface area (Å²) in [5.41, 5.74) is 0.869. The maximum Gasteiger partial charge on any atom is 0.270 e. The summed E-state index contributed by atoms with van der Waals surface area (Å²) in [6.07, 6.45) is 2.94. The lowest BCUT2D eigenvalue weighted by Crippen LogP contribution is -2.15. The summed E-state index contributed by atoms with van der Waals surface area (Å²) in [5.74, 6) is 0.869. The third-order valence-electron chi connectivity index (χ3n) is 4.32. The highest BCUT2D eigenvalue weighted by Crippen LogP contribution is 2.39. The van der Waals surface area contributed by atoms with Crippen molar-refractivity contribution in [3.63, 3.8) is 0 Å². The number of hydrogen-bond acceptors (Lipinski definition) is 9. The number of nitrogens with one attached hydrogen (secondary N) is 1. The van der Waals surface area contributed by atoms with E-state index in [4.69, 9.17) is 23.2 Å². The summed E-state index contributed by atoms with van der Waals surface area (Å²) in [5, 5.41) is 4.21. The van der Waals surface area contributed by atoms with Gasteiger partial charge in [-0.3, -0.25) is 4.72 Å². The van der Waals surface area contributed by atoms with E-state index in [1.165, 1.54) is 45.9 Å². The first-order chi connectivity index (χ1) is 14.5. The van der Waals surface area contributed by atoms with Gasteiger partial charge in [-0.2, -0.15) is 0 Å². The van der Waals surface area contributed by atoms with E-state index in [1.54, 1.807) is 18.2 Å². The first-order valence-electron chi connectivity index (χ1n) is 8.59. The Morgan fingerprint density at radius 2 is 1.70 bits per heavy atom. The third-order valence-corrected chi connectivity index (χ3v) is 5.72. The topological polar surface area (TPSA) is 126 Å². The van der Waals surface area contributed by atoms with Gasteiger partial charge in [-0.15, -0.1) is 0 Å². The van der Waals surface area contributed by atoms with Crippen LogP contribution in [-0.2, 0) is 10.0 Å². The Morgan fingerprint density at radius 1 is 1.00 bits per heavy atom. The minimum Gasteiger partial charge on any atom is -0.496 e. The van der Waals surface area contributed by atoms with Gasteiger partial charge in [0.25, 0.3) is 10.0 Å². The molecule has 0 amide bonds. The van der Waals surface area contributed by atoms with Crippen molar-refractivity contribution in [2.45, 2.75) is 4.90 Å². The van der Waals surface area contributed by atoms with Gasteiger partial charge in [-0.05, 0) is 24.3 Å². The lowest BCUT2D eigenvalue weighted by molar-refractivity contribution is 0.373. The molecule has 11 heteroatoms. The SMILES string of the molecule is COc1cccc(OC)c1S(=O)(=O)Nc1noc2cc(-c3ncco3)cc(OC)c12. The van der Waals surface area contributed by atoms with Crippen LogP contribution in [-0.4, -0.2) is 39.9 Å². The fraction of sp³-hybridized carbons (Fsp3) is 0.158. The van der Waals surface area contributed by atoms with Crippen molar-refractivity contribution in [2.24, 2.45) is 0 Å². The number of aromatic nitrogens is 2. The maximum atomic E-state index is 13.1. The van der Waals surface area contributed by atoms with Crippen molar-refractivity contribution in [1.29, 1.82) is 0 Å². The first-order valence-corrected chi connectivity index (χ1v) is 10.1. The highest BCUT2D eigenvalue weighted by molar-refractivity contribution is 7.93. The van der Waals surface area contributed by atoms with Gasteiger partial charge >= 0.3 is 0 Å². The van der Waals surface area contributed by atoms with Crippen molar-refractivity contribution >= 4 is 26.8 Å². The van der Waals surface area contributed by atoms with Crippen LogP contribution >= 0.6 is 0 Å². The largest absolute Gasteiger partial charge is 0.496 e. The zero-order chi connectivity index (χ0) is 21.3. The van der Waals surface area contributed by atoms with Crippen LogP contribution in [0.25, 0.3) is 22.4 Å². The van der Waals surface area contributed by atoms with E-state index in [2.05, 4.69) is 14.9 Å². The Morgan fingerprint density at radius 3 is 2.30 bits per heavy atom. The van der Waals surface area contributed by atoms with Crippen molar-refractivity contribution in [3.8, 4) is 28.7 Å². The molecule has 0 spiro atoms. The summed E-state index contributed by atoms with van der Waals surface area (Å²) in [6.45, 7) is 0. The minimum absolute atomic E-state index is 0.0474. The van der Waals surface area contributed by atoms with Crippen molar-refractivity contribution in [2.75, 3.05) is 26.1 Å². The molecule has 2 aromatic carbocycles. The number of benzene rings is 2. The van der Waals surface area contributed by atoms with Crippen molar-refractivity contribution in [1.82, 2.24) is 10.1 Å². The molecule has 0 bridgehead atoms. The van der Waals surface area contributed by atoms with E-state index in [0.717, 1.165) is 0 Å². The van der Waals surface area contributed by atoms with Gasteiger partial charge in [0.1, 0.15) is 28.9 Å². The number of oxazole rings is 1. The zero-order valence-electron chi connectivity index (χ0n) is 16.2. The Balaban J connectivity index is 1.82. The second kappa shape index (κ2) is 7.59. The molecule has 0 atom stereocenters. The molecule has 0 fully saturated rings. The van der Waals surface area contributed by atoms with Gasteiger partial charge in [-0.1, -0.05) is 11.2 Å². The molecule has 4 rings (SSSR count). The van der Waals surface area contributed by atoms with Gasteiger partial charge < -0.3 is 23.2 Å². The molecular formula is C19H17N3O7S. The van der Waals surface area contributed by atoms with Crippen molar-refractivity contribution < 1.29 is 31.6 Å². The Hall–Kier alpha value is -3.73. The fourth-order valence-electron chi connectivity index (χ4n) is 3.02. The quantitative estimate of drug-likeness (QED) is 0.469. The molecule has 4 aromatic rings. The monoisotopic (exact) mass is 431 g/mol. The van der Waals surface area contributed by atoms with E-state index < -0.39 is 10.0 Å². The molecule has 156 valence electrons. The van der Waals surface area contributed by atoms with Crippen LogP contribution in [0.4, 0.5) is 5.82 Å². The molecule has 30 heavy (non-hydrogen) atoms.